The SMILES string of the molecule is O[C@@H]1C=CCN(I)C1. The summed E-state index contributed by atoms with van der Waals surface area (Å²) in [6, 6.07) is 0. The molecule has 0 fully saturated rings. The number of rotatable bonds is 0. The molecule has 0 aromatic carbocycles. The molecule has 1 atom stereocenters. The molecule has 3 heteroatoms. The Balaban J connectivity index is 2.42. The van der Waals surface area contributed by atoms with Crippen molar-refractivity contribution in [2.24, 2.45) is 0 Å². The third kappa shape index (κ3) is 1.72. The van der Waals surface area contributed by atoms with Crippen LogP contribution in [0.15, 0.2) is 12.2 Å². The predicted molar refractivity (Wildman–Crippen MR) is 40.7 cm³/mol. The highest BCUT2D eigenvalue weighted by atomic mass is 127. The maximum atomic E-state index is 8.95. The zero-order valence-electron chi connectivity index (χ0n) is 4.42. The van der Waals surface area contributed by atoms with Gasteiger partial charge in [0.05, 0.1) is 6.10 Å². The Hall–Kier alpha value is 0.390. The zero-order valence-corrected chi connectivity index (χ0v) is 6.58. The van der Waals surface area contributed by atoms with Gasteiger partial charge >= 0.3 is 0 Å². The number of halogens is 1. The first-order valence-corrected chi connectivity index (χ1v) is 3.51. The fourth-order valence-corrected chi connectivity index (χ4v) is 1.30. The minimum atomic E-state index is -0.249. The van der Waals surface area contributed by atoms with E-state index in [0.717, 1.165) is 13.1 Å². The van der Waals surface area contributed by atoms with E-state index in [-0.39, 0.29) is 6.10 Å². The first-order chi connectivity index (χ1) is 3.79. The average Bonchev–Trinajstić information content (AvgIpc) is 1.64. The Labute approximate surface area is 62.7 Å². The van der Waals surface area contributed by atoms with Gasteiger partial charge in [0.15, 0.2) is 0 Å². The van der Waals surface area contributed by atoms with Crippen LogP contribution in [0.4, 0.5) is 0 Å². The Kier molecular flexibility index (Phi) is 2.27. The summed E-state index contributed by atoms with van der Waals surface area (Å²) in [4.78, 5) is 0. The standard InChI is InChI=1S/C5H8INO/c6-7-3-1-2-5(8)4-7/h1-2,5,8H,3-4H2/t5-/m1/s1. The molecule has 1 aliphatic rings. The van der Waals surface area contributed by atoms with Crippen LogP contribution in [0.1, 0.15) is 0 Å². The van der Waals surface area contributed by atoms with Crippen LogP contribution in [0.3, 0.4) is 0 Å². The van der Waals surface area contributed by atoms with E-state index in [2.05, 4.69) is 22.9 Å². The zero-order chi connectivity index (χ0) is 5.98. The third-order valence-electron chi connectivity index (χ3n) is 1.05. The fourth-order valence-electron chi connectivity index (χ4n) is 0.671. The van der Waals surface area contributed by atoms with E-state index < -0.39 is 0 Å². The average molecular weight is 225 g/mol. The molecule has 2 nitrogen and oxygen atoms in total. The molecule has 0 saturated heterocycles. The maximum Gasteiger partial charge on any atom is 0.0856 e. The normalized spacial score (nSPS) is 31.0. The molecule has 0 amide bonds. The van der Waals surface area contributed by atoms with E-state index >= 15 is 0 Å². The third-order valence-corrected chi connectivity index (χ3v) is 1.83. The first kappa shape index (κ1) is 6.51. The molecular weight excluding hydrogens is 217 g/mol. The fraction of sp³-hybridized carbons (Fsp3) is 0.600. The molecule has 0 unspecified atom stereocenters. The van der Waals surface area contributed by atoms with Gasteiger partial charge in [-0.1, -0.05) is 12.2 Å². The monoisotopic (exact) mass is 225 g/mol. The Bertz CT molecular complexity index is 105. The summed E-state index contributed by atoms with van der Waals surface area (Å²) < 4.78 is 2.04. The molecule has 0 bridgehead atoms. The molecule has 1 heterocycles. The van der Waals surface area contributed by atoms with Crippen molar-refractivity contribution in [3.8, 4) is 0 Å². The number of aliphatic hydroxyl groups is 1. The molecular formula is C5H8INO. The van der Waals surface area contributed by atoms with Crippen LogP contribution in [-0.2, 0) is 0 Å². The van der Waals surface area contributed by atoms with Gasteiger partial charge in [0.25, 0.3) is 0 Å². The Morgan fingerprint density at radius 2 is 2.50 bits per heavy atom. The van der Waals surface area contributed by atoms with Gasteiger partial charge in [-0.2, -0.15) is 0 Å². The van der Waals surface area contributed by atoms with Gasteiger partial charge in [-0.25, -0.2) is 3.11 Å². The lowest BCUT2D eigenvalue weighted by atomic mass is 10.2. The molecule has 0 radical (unpaired) electrons. The van der Waals surface area contributed by atoms with Crippen LogP contribution in [0.25, 0.3) is 0 Å². The van der Waals surface area contributed by atoms with Crippen LogP contribution < -0.4 is 0 Å². The minimum Gasteiger partial charge on any atom is -0.388 e. The van der Waals surface area contributed by atoms with E-state index in [0.29, 0.717) is 0 Å². The van der Waals surface area contributed by atoms with E-state index in [1.54, 1.807) is 0 Å². The van der Waals surface area contributed by atoms with Crippen molar-refractivity contribution in [2.75, 3.05) is 13.1 Å². The van der Waals surface area contributed by atoms with E-state index in [1.807, 2.05) is 15.3 Å². The Morgan fingerprint density at radius 1 is 1.75 bits per heavy atom. The molecule has 8 heavy (non-hydrogen) atoms. The summed E-state index contributed by atoms with van der Waals surface area (Å²) in [6.45, 7) is 1.72. The van der Waals surface area contributed by atoms with Gasteiger partial charge in [0.2, 0.25) is 0 Å². The van der Waals surface area contributed by atoms with Crippen molar-refractivity contribution >= 4 is 22.9 Å². The molecule has 0 aromatic rings. The van der Waals surface area contributed by atoms with Gasteiger partial charge in [0.1, 0.15) is 0 Å². The minimum absolute atomic E-state index is 0.249. The van der Waals surface area contributed by atoms with Crippen molar-refractivity contribution in [2.45, 2.75) is 6.10 Å². The van der Waals surface area contributed by atoms with Gasteiger partial charge in [-0.05, 0) is 0 Å². The number of β-amino-alcohol motifs (C(OH)–C–C–N with tert-alkyl or cyclic N) is 1. The molecule has 1 N–H and O–H groups in total. The quantitative estimate of drug-likeness (QED) is 0.370. The predicted octanol–water partition coefficient (Wildman–Crippen LogP) is 0.569. The summed E-state index contributed by atoms with van der Waals surface area (Å²) in [7, 11) is 0. The van der Waals surface area contributed by atoms with Crippen LogP contribution in [0.2, 0.25) is 0 Å². The van der Waals surface area contributed by atoms with E-state index in [9.17, 15) is 0 Å². The number of hydrogen-bond acceptors (Lipinski definition) is 2. The van der Waals surface area contributed by atoms with Crippen molar-refractivity contribution in [1.29, 1.82) is 0 Å². The summed E-state index contributed by atoms with van der Waals surface area (Å²) in [5.74, 6) is 0. The van der Waals surface area contributed by atoms with Crippen LogP contribution in [0.5, 0.6) is 0 Å². The van der Waals surface area contributed by atoms with Gasteiger partial charge in [-0.15, -0.1) is 0 Å². The summed E-state index contributed by atoms with van der Waals surface area (Å²) in [5.41, 5.74) is 0. The largest absolute Gasteiger partial charge is 0.388 e. The molecule has 46 valence electrons. The van der Waals surface area contributed by atoms with Gasteiger partial charge in [-0.3, -0.25) is 0 Å². The number of hydrogen-bond donors (Lipinski definition) is 1. The van der Waals surface area contributed by atoms with Crippen LogP contribution in [-0.4, -0.2) is 27.4 Å². The maximum absolute atomic E-state index is 8.95. The topological polar surface area (TPSA) is 23.5 Å². The molecule has 1 aliphatic heterocycles. The van der Waals surface area contributed by atoms with E-state index in [1.165, 1.54) is 0 Å². The lowest BCUT2D eigenvalue weighted by molar-refractivity contribution is 0.195. The lowest BCUT2D eigenvalue weighted by Gasteiger charge is -2.18. The second-order valence-corrected chi connectivity index (χ2v) is 3.19. The highest BCUT2D eigenvalue weighted by Gasteiger charge is 2.08. The van der Waals surface area contributed by atoms with E-state index in [4.69, 9.17) is 5.11 Å². The highest BCUT2D eigenvalue weighted by Crippen LogP contribution is 2.06. The van der Waals surface area contributed by atoms with Gasteiger partial charge < -0.3 is 5.11 Å². The van der Waals surface area contributed by atoms with Crippen LogP contribution in [0, 0.1) is 0 Å². The second kappa shape index (κ2) is 2.80. The number of nitrogens with zero attached hydrogens (tertiary/aromatic N) is 1. The van der Waals surface area contributed by atoms with Crippen LogP contribution >= 0.6 is 22.9 Å². The highest BCUT2D eigenvalue weighted by molar-refractivity contribution is 14.1. The number of aliphatic hydroxyl groups excluding tert-OH is 1. The molecule has 1 rings (SSSR count). The smallest absolute Gasteiger partial charge is 0.0856 e. The summed E-state index contributed by atoms with van der Waals surface area (Å²) in [5, 5.41) is 8.95. The molecule has 0 aromatic heterocycles. The molecule has 0 spiro atoms. The molecule has 0 saturated carbocycles. The molecule has 0 aliphatic carbocycles. The van der Waals surface area contributed by atoms with Gasteiger partial charge in [0, 0.05) is 36.0 Å². The van der Waals surface area contributed by atoms with Crippen molar-refractivity contribution < 1.29 is 5.11 Å². The summed E-state index contributed by atoms with van der Waals surface area (Å²) >= 11 is 2.19. The lowest BCUT2D eigenvalue weighted by Crippen LogP contribution is -2.27. The van der Waals surface area contributed by atoms with Crippen molar-refractivity contribution in [3.05, 3.63) is 12.2 Å². The van der Waals surface area contributed by atoms with Crippen molar-refractivity contribution in [3.63, 3.8) is 0 Å². The Morgan fingerprint density at radius 3 is 2.88 bits per heavy atom. The summed E-state index contributed by atoms with van der Waals surface area (Å²) in [6.07, 6.45) is 3.55. The first-order valence-electron chi connectivity index (χ1n) is 2.54. The van der Waals surface area contributed by atoms with Crippen molar-refractivity contribution in [1.82, 2.24) is 3.11 Å². The second-order valence-electron chi connectivity index (χ2n) is 1.82.